The summed E-state index contributed by atoms with van der Waals surface area (Å²) in [6.07, 6.45) is 2.97. The summed E-state index contributed by atoms with van der Waals surface area (Å²) in [4.78, 5) is 0. The summed E-state index contributed by atoms with van der Waals surface area (Å²) in [7, 11) is -2.03. The van der Waals surface area contributed by atoms with Crippen molar-refractivity contribution in [3.63, 3.8) is 0 Å². The van der Waals surface area contributed by atoms with Gasteiger partial charge in [-0.05, 0) is 30.4 Å². The molecule has 0 saturated carbocycles. The second kappa shape index (κ2) is 6.99. The molecule has 0 amide bonds. The van der Waals surface area contributed by atoms with Crippen LogP contribution in [0.15, 0.2) is 30.3 Å². The van der Waals surface area contributed by atoms with E-state index >= 15 is 0 Å². The number of rotatable bonds is 6. The van der Waals surface area contributed by atoms with Crippen LogP contribution in [0.3, 0.4) is 0 Å². The molecular formula is C15H25O2P. The molecule has 102 valence electrons. The molecule has 1 rings (SSSR count). The summed E-state index contributed by atoms with van der Waals surface area (Å²) in [6, 6.07) is 9.47. The summed E-state index contributed by atoms with van der Waals surface area (Å²) in [5.74, 6) is 0.719. The van der Waals surface area contributed by atoms with Crippen molar-refractivity contribution in [1.29, 1.82) is 0 Å². The van der Waals surface area contributed by atoms with E-state index in [1.807, 2.05) is 30.3 Å². The molecule has 0 saturated heterocycles. The Balaban J connectivity index is 2.65. The van der Waals surface area contributed by atoms with Crippen LogP contribution in [0.2, 0.25) is 0 Å². The Bertz CT molecular complexity index is 368. The second-order valence-electron chi connectivity index (χ2n) is 5.98. The molecule has 0 aliphatic carbocycles. The highest BCUT2D eigenvalue weighted by Gasteiger charge is 2.24. The van der Waals surface area contributed by atoms with Crippen molar-refractivity contribution in [3.8, 4) is 5.75 Å². The molecule has 0 aromatic heterocycles. The lowest BCUT2D eigenvalue weighted by Crippen LogP contribution is -2.16. The Kier molecular flexibility index (Phi) is 5.95. The maximum absolute atomic E-state index is 12.3. The van der Waals surface area contributed by atoms with E-state index in [1.54, 1.807) is 0 Å². The third-order valence-electron chi connectivity index (χ3n) is 2.79. The monoisotopic (exact) mass is 268 g/mol. The normalized spacial score (nSPS) is 15.1. The molecule has 0 radical (unpaired) electrons. The van der Waals surface area contributed by atoms with Gasteiger partial charge < -0.3 is 4.52 Å². The molecule has 1 aromatic rings. The van der Waals surface area contributed by atoms with Gasteiger partial charge in [-0.3, -0.25) is 4.57 Å². The fourth-order valence-electron chi connectivity index (χ4n) is 2.08. The van der Waals surface area contributed by atoms with Crippen molar-refractivity contribution in [2.45, 2.75) is 52.6 Å². The predicted molar refractivity (Wildman–Crippen MR) is 78.8 cm³/mol. The van der Waals surface area contributed by atoms with Crippen LogP contribution in [0, 0.1) is 5.41 Å². The summed E-state index contributed by atoms with van der Waals surface area (Å²) < 4.78 is 18.0. The highest BCUT2D eigenvalue weighted by atomic mass is 31.1. The number of hydrogen-bond donors (Lipinski definition) is 0. The zero-order valence-corrected chi connectivity index (χ0v) is 12.9. The zero-order chi connectivity index (χ0) is 13.6. The Labute approximate surface area is 112 Å². The number of hydrogen-bond acceptors (Lipinski definition) is 2. The predicted octanol–water partition coefficient (Wildman–Crippen LogP) is 5.15. The van der Waals surface area contributed by atoms with Crippen molar-refractivity contribution in [1.82, 2.24) is 0 Å². The van der Waals surface area contributed by atoms with Crippen LogP contribution in [-0.4, -0.2) is 5.66 Å². The minimum absolute atomic E-state index is 0.181. The first-order valence-electron chi connectivity index (χ1n) is 6.69. The molecule has 0 aliphatic rings. The molecule has 18 heavy (non-hydrogen) atoms. The molecule has 0 N–H and O–H groups in total. The summed E-state index contributed by atoms with van der Waals surface area (Å²) in [6.45, 7) is 8.70. The molecule has 0 bridgehead atoms. The number of benzene rings is 1. The van der Waals surface area contributed by atoms with E-state index in [0.29, 0.717) is 0 Å². The lowest BCUT2D eigenvalue weighted by Gasteiger charge is -2.25. The Morgan fingerprint density at radius 3 is 2.33 bits per heavy atom. The maximum Gasteiger partial charge on any atom is 0.239 e. The van der Waals surface area contributed by atoms with E-state index < -0.39 is 8.03 Å². The lowest BCUT2D eigenvalue weighted by atomic mass is 9.89. The van der Waals surface area contributed by atoms with Crippen LogP contribution in [0.5, 0.6) is 5.75 Å². The quantitative estimate of drug-likeness (QED) is 0.667. The second-order valence-corrected chi connectivity index (χ2v) is 7.64. The smallest absolute Gasteiger partial charge is 0.239 e. The standard InChI is InChI=1S/C15H25O2P/c1-5-9-14(12-15(2,3)4)18(16)17-13-10-7-6-8-11-13/h6-8,10-11,14,18H,5,9,12H2,1-4H3. The number of para-hydroxylation sites is 1. The molecule has 0 spiro atoms. The SMILES string of the molecule is CCCC(CC(C)(C)C)[PH](=O)Oc1ccccc1. The van der Waals surface area contributed by atoms with E-state index in [0.717, 1.165) is 25.0 Å². The molecule has 0 aliphatic heterocycles. The van der Waals surface area contributed by atoms with E-state index in [4.69, 9.17) is 4.52 Å². The van der Waals surface area contributed by atoms with Crippen molar-refractivity contribution in [2.24, 2.45) is 5.41 Å². The van der Waals surface area contributed by atoms with Gasteiger partial charge in [0, 0.05) is 5.66 Å². The molecule has 3 heteroatoms. The van der Waals surface area contributed by atoms with E-state index in [-0.39, 0.29) is 11.1 Å². The average molecular weight is 268 g/mol. The van der Waals surface area contributed by atoms with E-state index in [1.165, 1.54) is 0 Å². The van der Waals surface area contributed by atoms with Crippen molar-refractivity contribution in [2.75, 3.05) is 0 Å². The van der Waals surface area contributed by atoms with Crippen LogP contribution in [0.4, 0.5) is 0 Å². The van der Waals surface area contributed by atoms with Gasteiger partial charge in [-0.1, -0.05) is 52.3 Å². The Morgan fingerprint density at radius 1 is 1.22 bits per heavy atom. The van der Waals surface area contributed by atoms with Crippen LogP contribution >= 0.6 is 8.03 Å². The van der Waals surface area contributed by atoms with Crippen LogP contribution in [0.25, 0.3) is 0 Å². The van der Waals surface area contributed by atoms with Gasteiger partial charge in [0.25, 0.3) is 0 Å². The Hall–Kier alpha value is -0.750. The van der Waals surface area contributed by atoms with Gasteiger partial charge >= 0.3 is 0 Å². The summed E-state index contributed by atoms with van der Waals surface area (Å²) >= 11 is 0. The zero-order valence-electron chi connectivity index (χ0n) is 11.9. The van der Waals surface area contributed by atoms with Gasteiger partial charge in [0.15, 0.2) is 0 Å². The van der Waals surface area contributed by atoms with Crippen molar-refractivity contribution < 1.29 is 9.09 Å². The van der Waals surface area contributed by atoms with Gasteiger partial charge in [0.05, 0.1) is 0 Å². The van der Waals surface area contributed by atoms with Crippen LogP contribution in [0.1, 0.15) is 47.0 Å². The minimum Gasteiger partial charge on any atom is -0.445 e. The first kappa shape index (κ1) is 15.3. The first-order chi connectivity index (χ1) is 8.42. The first-order valence-corrected chi connectivity index (χ1v) is 8.08. The fourth-order valence-corrected chi connectivity index (χ4v) is 3.92. The van der Waals surface area contributed by atoms with Crippen LogP contribution < -0.4 is 4.52 Å². The van der Waals surface area contributed by atoms with Crippen LogP contribution in [-0.2, 0) is 4.57 Å². The minimum atomic E-state index is -2.03. The molecule has 0 heterocycles. The van der Waals surface area contributed by atoms with E-state index in [9.17, 15) is 4.57 Å². The van der Waals surface area contributed by atoms with E-state index in [2.05, 4.69) is 27.7 Å². The lowest BCUT2D eigenvalue weighted by molar-refractivity contribution is 0.351. The largest absolute Gasteiger partial charge is 0.445 e. The van der Waals surface area contributed by atoms with Gasteiger partial charge in [0.2, 0.25) is 8.03 Å². The third-order valence-corrected chi connectivity index (χ3v) is 4.39. The highest BCUT2D eigenvalue weighted by molar-refractivity contribution is 7.40. The van der Waals surface area contributed by atoms with Crippen molar-refractivity contribution >= 4 is 8.03 Å². The maximum atomic E-state index is 12.3. The molecule has 0 fully saturated rings. The fraction of sp³-hybridized carbons (Fsp3) is 0.600. The molecule has 2 nitrogen and oxygen atoms in total. The topological polar surface area (TPSA) is 26.3 Å². The summed E-state index contributed by atoms with van der Waals surface area (Å²) in [5, 5.41) is 0. The van der Waals surface area contributed by atoms with Crippen molar-refractivity contribution in [3.05, 3.63) is 30.3 Å². The average Bonchev–Trinajstić information content (AvgIpc) is 2.28. The van der Waals surface area contributed by atoms with Gasteiger partial charge in [0.1, 0.15) is 5.75 Å². The summed E-state index contributed by atoms with van der Waals surface area (Å²) in [5.41, 5.74) is 0.375. The van der Waals surface area contributed by atoms with Gasteiger partial charge in [-0.2, -0.15) is 0 Å². The molecule has 2 unspecified atom stereocenters. The molecule has 2 atom stereocenters. The Morgan fingerprint density at radius 2 is 1.83 bits per heavy atom. The van der Waals surface area contributed by atoms with Gasteiger partial charge in [-0.15, -0.1) is 0 Å². The van der Waals surface area contributed by atoms with Gasteiger partial charge in [-0.25, -0.2) is 0 Å². The highest BCUT2D eigenvalue weighted by Crippen LogP contribution is 2.40. The molecule has 1 aromatic carbocycles. The molecular weight excluding hydrogens is 243 g/mol. The third kappa shape index (κ3) is 5.73.